The Morgan fingerprint density at radius 3 is 2.29 bits per heavy atom. The molecule has 0 aliphatic carbocycles. The van der Waals surface area contributed by atoms with Crippen LogP contribution >= 0.6 is 0 Å². The van der Waals surface area contributed by atoms with E-state index in [4.69, 9.17) is 14.2 Å². The molecule has 1 amide bonds. The summed E-state index contributed by atoms with van der Waals surface area (Å²) in [6.45, 7) is 8.71. The third-order valence-corrected chi connectivity index (χ3v) is 5.89. The molecular formula is C26H40N2O10. The third kappa shape index (κ3) is 9.21. The molecule has 0 bridgehead atoms. The summed E-state index contributed by atoms with van der Waals surface area (Å²) in [5, 5.41) is 45.7. The van der Waals surface area contributed by atoms with Crippen molar-refractivity contribution in [3.8, 4) is 5.75 Å². The fourth-order valence-corrected chi connectivity index (χ4v) is 3.66. The number of aliphatic hydroxyl groups excluding tert-OH is 3. The van der Waals surface area contributed by atoms with E-state index in [1.807, 2.05) is 0 Å². The molecule has 0 saturated carbocycles. The molecule has 214 valence electrons. The van der Waals surface area contributed by atoms with Gasteiger partial charge in [-0.1, -0.05) is 40.2 Å². The molecule has 38 heavy (non-hydrogen) atoms. The van der Waals surface area contributed by atoms with Gasteiger partial charge in [0.2, 0.25) is 6.29 Å². The van der Waals surface area contributed by atoms with Gasteiger partial charge >= 0.3 is 11.9 Å². The fourth-order valence-electron chi connectivity index (χ4n) is 3.66. The lowest BCUT2D eigenvalue weighted by Crippen LogP contribution is -2.61. The molecule has 0 radical (unpaired) electrons. The van der Waals surface area contributed by atoms with E-state index in [9.17, 15) is 34.8 Å². The summed E-state index contributed by atoms with van der Waals surface area (Å²) < 4.78 is 16.1. The predicted molar refractivity (Wildman–Crippen MR) is 135 cm³/mol. The molecule has 1 fully saturated rings. The first-order chi connectivity index (χ1) is 17.9. The molecule has 1 heterocycles. The number of amides is 1. The topological polar surface area (TPSA) is 184 Å². The number of aliphatic hydroxyl groups is 3. The number of rotatable bonds is 14. The van der Waals surface area contributed by atoms with Gasteiger partial charge < -0.3 is 45.3 Å². The number of carbonyl (C=O) groups excluding carboxylic acids is 2. The quantitative estimate of drug-likeness (QED) is 0.143. The summed E-state index contributed by atoms with van der Waals surface area (Å²) in [6, 6.07) is 4.80. The lowest BCUT2D eigenvalue weighted by molar-refractivity contribution is -0.271. The normalized spacial score (nSPS) is 23.3. The Morgan fingerprint density at radius 2 is 1.66 bits per heavy atom. The Balaban J connectivity index is 2.15. The second-order valence-electron chi connectivity index (χ2n) is 9.87. The molecule has 0 spiro atoms. The molecule has 12 heteroatoms. The summed E-state index contributed by atoms with van der Waals surface area (Å²) in [4.78, 5) is 36.3. The van der Waals surface area contributed by atoms with Gasteiger partial charge in [0, 0.05) is 12.6 Å². The molecule has 0 aromatic heterocycles. The number of unbranched alkanes of at least 4 members (excludes halogenated alkanes) is 2. The van der Waals surface area contributed by atoms with E-state index in [-0.39, 0.29) is 23.8 Å². The average molecular weight is 541 g/mol. The summed E-state index contributed by atoms with van der Waals surface area (Å²) in [6.07, 6.45) is -6.46. The van der Waals surface area contributed by atoms with Crippen molar-refractivity contribution in [1.82, 2.24) is 10.6 Å². The highest BCUT2D eigenvalue weighted by Gasteiger charge is 2.48. The minimum Gasteiger partial charge on any atom is -0.479 e. The first kappa shape index (κ1) is 31.4. The van der Waals surface area contributed by atoms with Gasteiger partial charge in [0.05, 0.1) is 11.5 Å². The smallest absolute Gasteiger partial charge is 0.335 e. The van der Waals surface area contributed by atoms with Gasteiger partial charge in [-0.3, -0.25) is 9.59 Å². The highest BCUT2D eigenvalue weighted by Crippen LogP contribution is 2.28. The van der Waals surface area contributed by atoms with Crippen LogP contribution in [-0.2, 0) is 25.7 Å². The number of carbonyl (C=O) groups is 3. The number of nitrogens with one attached hydrogen (secondary N) is 2. The number of hydrogen-bond donors (Lipinski definition) is 6. The molecule has 0 unspecified atom stereocenters. The van der Waals surface area contributed by atoms with Crippen LogP contribution in [0.15, 0.2) is 18.2 Å². The van der Waals surface area contributed by atoms with E-state index >= 15 is 0 Å². The predicted octanol–water partition coefficient (Wildman–Crippen LogP) is 0.555. The minimum absolute atomic E-state index is 0.0351. The van der Waals surface area contributed by atoms with Gasteiger partial charge in [0.25, 0.3) is 5.91 Å². The van der Waals surface area contributed by atoms with Crippen molar-refractivity contribution in [1.29, 1.82) is 0 Å². The van der Waals surface area contributed by atoms with Crippen LogP contribution < -0.4 is 15.4 Å². The van der Waals surface area contributed by atoms with Crippen LogP contribution in [0.25, 0.3) is 0 Å². The molecule has 1 saturated heterocycles. The molecule has 1 aliphatic rings. The van der Waals surface area contributed by atoms with Crippen molar-refractivity contribution in [2.24, 2.45) is 5.92 Å². The number of carboxylic acids is 1. The first-order valence-electron chi connectivity index (χ1n) is 12.8. The van der Waals surface area contributed by atoms with Crippen LogP contribution in [0, 0.1) is 5.92 Å². The van der Waals surface area contributed by atoms with Gasteiger partial charge in [-0.25, -0.2) is 4.79 Å². The summed E-state index contributed by atoms with van der Waals surface area (Å²) in [5.74, 6) is -2.85. The molecule has 1 aromatic rings. The van der Waals surface area contributed by atoms with E-state index in [2.05, 4.69) is 24.5 Å². The highest BCUT2D eigenvalue weighted by molar-refractivity contribution is 5.97. The lowest BCUT2D eigenvalue weighted by Gasteiger charge is -2.38. The zero-order valence-corrected chi connectivity index (χ0v) is 22.3. The third-order valence-electron chi connectivity index (χ3n) is 5.89. The van der Waals surface area contributed by atoms with Gasteiger partial charge in [-0.15, -0.1) is 0 Å². The summed E-state index contributed by atoms with van der Waals surface area (Å²) >= 11 is 0. The molecule has 12 nitrogen and oxygen atoms in total. The lowest BCUT2D eigenvalue weighted by atomic mass is 9.99. The number of ether oxygens (including phenoxy) is 3. The SMILES string of the molecule is CC(C)NCCCCCNC(=O)c1cc(COC(=O)C(C)C)ccc1O[C@H]1O[C@H](C(=O)O)[C@@H](O)[C@H](O)[C@H]1O. The Morgan fingerprint density at radius 1 is 0.974 bits per heavy atom. The zero-order valence-electron chi connectivity index (χ0n) is 22.3. The van der Waals surface area contributed by atoms with Crippen LogP contribution in [-0.4, -0.2) is 88.1 Å². The molecule has 1 aromatic carbocycles. The number of esters is 1. The number of aliphatic carboxylic acids is 1. The fraction of sp³-hybridized carbons (Fsp3) is 0.654. The molecular weight excluding hydrogens is 500 g/mol. The summed E-state index contributed by atoms with van der Waals surface area (Å²) in [5.41, 5.74) is 0.535. The van der Waals surface area contributed by atoms with Gasteiger partial charge in [-0.05, 0) is 37.1 Å². The Bertz CT molecular complexity index is 939. The average Bonchev–Trinajstić information content (AvgIpc) is 2.86. The molecule has 1 aliphatic heterocycles. The maximum absolute atomic E-state index is 13.1. The van der Waals surface area contributed by atoms with E-state index in [0.29, 0.717) is 18.2 Å². The minimum atomic E-state index is -1.88. The monoisotopic (exact) mass is 540 g/mol. The van der Waals surface area contributed by atoms with Gasteiger partial charge in [0.1, 0.15) is 30.7 Å². The van der Waals surface area contributed by atoms with Crippen molar-refractivity contribution >= 4 is 17.8 Å². The number of carboxylic acid groups (broad SMARTS) is 1. The maximum Gasteiger partial charge on any atom is 0.335 e. The van der Waals surface area contributed by atoms with E-state index in [1.165, 1.54) is 18.2 Å². The van der Waals surface area contributed by atoms with Crippen LogP contribution in [0.4, 0.5) is 0 Å². The van der Waals surface area contributed by atoms with Crippen molar-refractivity contribution < 1.29 is 49.0 Å². The van der Waals surface area contributed by atoms with Crippen LogP contribution in [0.5, 0.6) is 5.75 Å². The maximum atomic E-state index is 13.1. The van der Waals surface area contributed by atoms with Crippen molar-refractivity contribution in [3.63, 3.8) is 0 Å². The zero-order chi connectivity index (χ0) is 28.4. The van der Waals surface area contributed by atoms with E-state index in [1.54, 1.807) is 13.8 Å². The second kappa shape index (κ2) is 15.0. The van der Waals surface area contributed by atoms with Crippen LogP contribution in [0.2, 0.25) is 0 Å². The molecule has 2 rings (SSSR count). The Labute approximate surface area is 222 Å². The van der Waals surface area contributed by atoms with E-state index in [0.717, 1.165) is 25.8 Å². The Hall–Kier alpha value is -2.77. The Kier molecular flexibility index (Phi) is 12.4. The molecule has 6 N–H and O–H groups in total. The van der Waals surface area contributed by atoms with Crippen molar-refractivity contribution in [3.05, 3.63) is 29.3 Å². The second-order valence-corrected chi connectivity index (χ2v) is 9.87. The number of hydrogen-bond acceptors (Lipinski definition) is 10. The van der Waals surface area contributed by atoms with E-state index < -0.39 is 48.6 Å². The molecule has 5 atom stereocenters. The highest BCUT2D eigenvalue weighted by atomic mass is 16.7. The van der Waals surface area contributed by atoms with Crippen LogP contribution in [0.1, 0.15) is 62.9 Å². The standard InChI is InChI=1S/C26H40N2O10/c1-14(2)25(35)36-13-16-8-9-18(37-26-21(31)19(29)20(30)22(38-26)24(33)34)17(12-16)23(32)28-11-7-5-6-10-27-15(3)4/h8-9,12,14-15,19-22,26-27,29-31H,5-7,10-11,13H2,1-4H3,(H,28,32)(H,33,34)/t19-,20-,21+,22-,26-/m0/s1. The van der Waals surface area contributed by atoms with Crippen molar-refractivity contribution in [2.45, 2.75) is 90.3 Å². The number of benzene rings is 1. The van der Waals surface area contributed by atoms with Gasteiger partial charge in [0.15, 0.2) is 6.10 Å². The largest absolute Gasteiger partial charge is 0.479 e. The van der Waals surface area contributed by atoms with Crippen LogP contribution in [0.3, 0.4) is 0 Å². The first-order valence-corrected chi connectivity index (χ1v) is 12.8. The summed E-state index contributed by atoms with van der Waals surface area (Å²) in [7, 11) is 0. The van der Waals surface area contributed by atoms with Gasteiger partial charge in [-0.2, -0.15) is 0 Å². The van der Waals surface area contributed by atoms with Crippen molar-refractivity contribution in [2.75, 3.05) is 13.1 Å².